The number of aromatic nitrogens is 3. The van der Waals surface area contributed by atoms with Crippen LogP contribution in [0.5, 0.6) is 11.8 Å². The van der Waals surface area contributed by atoms with Gasteiger partial charge in [0, 0.05) is 23.9 Å². The molecule has 126 valence electrons. The van der Waals surface area contributed by atoms with Crippen molar-refractivity contribution in [3.63, 3.8) is 0 Å². The highest BCUT2D eigenvalue weighted by atomic mass is 19.4. The first-order valence-corrected chi connectivity index (χ1v) is 7.12. The molecule has 2 heterocycles. The number of carbonyl (C=O) groups is 1. The minimum atomic E-state index is -4.47. The van der Waals surface area contributed by atoms with Crippen molar-refractivity contribution in [2.45, 2.75) is 25.6 Å². The highest BCUT2D eigenvalue weighted by Gasteiger charge is 2.32. The lowest BCUT2D eigenvalue weighted by atomic mass is 10.2. The molecule has 0 saturated heterocycles. The SMILES string of the molecule is O=C(Oc1ccc(OCc2ccc(C(F)(F)F)nc2)nn1)C1CC1. The van der Waals surface area contributed by atoms with Crippen molar-refractivity contribution < 1.29 is 27.4 Å². The number of carbonyl (C=O) groups excluding carboxylic acids is 1. The molecule has 1 saturated carbocycles. The van der Waals surface area contributed by atoms with Crippen LogP contribution in [-0.4, -0.2) is 21.2 Å². The number of nitrogens with zero attached hydrogens (tertiary/aromatic N) is 3. The summed E-state index contributed by atoms with van der Waals surface area (Å²) in [5.41, 5.74) is -0.512. The standard InChI is InChI=1S/C15H12F3N3O3/c16-15(17,18)11-4-1-9(7-19-11)8-23-12-5-6-13(21-20-12)24-14(22)10-2-3-10/h1,4-7,10H,2-3,8H2. The summed E-state index contributed by atoms with van der Waals surface area (Å²) in [7, 11) is 0. The zero-order chi connectivity index (χ0) is 17.2. The molecule has 3 rings (SSSR count). The fraction of sp³-hybridized carbons (Fsp3) is 0.333. The van der Waals surface area contributed by atoms with Crippen LogP contribution in [0.2, 0.25) is 0 Å². The van der Waals surface area contributed by atoms with E-state index in [0.717, 1.165) is 25.1 Å². The van der Waals surface area contributed by atoms with E-state index in [0.29, 0.717) is 5.56 Å². The van der Waals surface area contributed by atoms with Crippen molar-refractivity contribution >= 4 is 5.97 Å². The lowest BCUT2D eigenvalue weighted by Crippen LogP contribution is -2.11. The second kappa shape index (κ2) is 6.42. The van der Waals surface area contributed by atoms with Crippen LogP contribution < -0.4 is 9.47 Å². The summed E-state index contributed by atoms with van der Waals surface area (Å²) in [6.07, 6.45) is -1.73. The lowest BCUT2D eigenvalue weighted by Gasteiger charge is -2.08. The maximum absolute atomic E-state index is 12.4. The predicted octanol–water partition coefficient (Wildman–Crippen LogP) is 2.78. The summed E-state index contributed by atoms with van der Waals surface area (Å²) in [6.45, 7) is -0.0129. The average molecular weight is 339 g/mol. The summed E-state index contributed by atoms with van der Waals surface area (Å²) in [5, 5.41) is 7.44. The van der Waals surface area contributed by atoms with Crippen molar-refractivity contribution in [3.05, 3.63) is 41.7 Å². The van der Waals surface area contributed by atoms with Crippen LogP contribution >= 0.6 is 0 Å². The third-order valence-electron chi connectivity index (χ3n) is 3.23. The summed E-state index contributed by atoms with van der Waals surface area (Å²) in [4.78, 5) is 14.8. The molecule has 2 aromatic heterocycles. The number of hydrogen-bond acceptors (Lipinski definition) is 6. The first-order valence-electron chi connectivity index (χ1n) is 7.12. The van der Waals surface area contributed by atoms with Crippen molar-refractivity contribution in [1.29, 1.82) is 0 Å². The largest absolute Gasteiger partial charge is 0.472 e. The normalized spacial score (nSPS) is 14.3. The van der Waals surface area contributed by atoms with Crippen LogP contribution in [0.25, 0.3) is 0 Å². The average Bonchev–Trinajstić information content (AvgIpc) is 3.39. The number of alkyl halides is 3. The lowest BCUT2D eigenvalue weighted by molar-refractivity contribution is -0.141. The highest BCUT2D eigenvalue weighted by molar-refractivity contribution is 5.76. The fourth-order valence-corrected chi connectivity index (χ4v) is 1.78. The molecule has 1 aliphatic carbocycles. The van der Waals surface area contributed by atoms with Crippen LogP contribution in [0.15, 0.2) is 30.5 Å². The second-order valence-corrected chi connectivity index (χ2v) is 5.24. The fourth-order valence-electron chi connectivity index (χ4n) is 1.78. The van der Waals surface area contributed by atoms with Gasteiger partial charge < -0.3 is 9.47 Å². The van der Waals surface area contributed by atoms with Crippen molar-refractivity contribution in [3.8, 4) is 11.8 Å². The number of rotatable bonds is 5. The molecule has 6 nitrogen and oxygen atoms in total. The summed E-state index contributed by atoms with van der Waals surface area (Å²) in [6, 6.07) is 5.05. The molecule has 0 amide bonds. The van der Waals surface area contributed by atoms with Crippen LogP contribution in [0.4, 0.5) is 13.2 Å². The Kier molecular flexibility index (Phi) is 4.32. The minimum Gasteiger partial charge on any atom is -0.472 e. The van der Waals surface area contributed by atoms with E-state index in [2.05, 4.69) is 15.2 Å². The van der Waals surface area contributed by atoms with Crippen LogP contribution in [0.3, 0.4) is 0 Å². The third kappa shape index (κ3) is 4.18. The van der Waals surface area contributed by atoms with Crippen LogP contribution in [-0.2, 0) is 17.6 Å². The number of esters is 1. The van der Waals surface area contributed by atoms with Gasteiger partial charge in [0.25, 0.3) is 0 Å². The Hall–Kier alpha value is -2.71. The third-order valence-corrected chi connectivity index (χ3v) is 3.23. The highest BCUT2D eigenvalue weighted by Crippen LogP contribution is 2.30. The van der Waals surface area contributed by atoms with Gasteiger partial charge in [0.15, 0.2) is 0 Å². The first kappa shape index (κ1) is 16.2. The van der Waals surface area contributed by atoms with Gasteiger partial charge in [0.05, 0.1) is 5.92 Å². The molecule has 1 fully saturated rings. The number of pyridine rings is 1. The molecular formula is C15H12F3N3O3. The number of ether oxygens (including phenoxy) is 2. The molecule has 0 N–H and O–H groups in total. The van der Waals surface area contributed by atoms with E-state index in [1.165, 1.54) is 18.2 Å². The van der Waals surface area contributed by atoms with E-state index in [-0.39, 0.29) is 30.3 Å². The molecule has 0 spiro atoms. The molecule has 0 aliphatic heterocycles. The van der Waals surface area contributed by atoms with Gasteiger partial charge in [-0.05, 0) is 18.9 Å². The second-order valence-electron chi connectivity index (χ2n) is 5.24. The van der Waals surface area contributed by atoms with Crippen molar-refractivity contribution in [1.82, 2.24) is 15.2 Å². The van der Waals surface area contributed by atoms with E-state index in [9.17, 15) is 18.0 Å². The molecule has 0 unspecified atom stereocenters. The Labute approximate surface area is 134 Å². The minimum absolute atomic E-state index is 0.0129. The van der Waals surface area contributed by atoms with E-state index in [1.54, 1.807) is 0 Å². The maximum atomic E-state index is 12.4. The maximum Gasteiger partial charge on any atom is 0.433 e. The Morgan fingerprint density at radius 1 is 1.12 bits per heavy atom. The molecule has 1 aliphatic rings. The molecule has 0 aromatic carbocycles. The predicted molar refractivity (Wildman–Crippen MR) is 74.0 cm³/mol. The van der Waals surface area contributed by atoms with Crippen LogP contribution in [0, 0.1) is 5.92 Å². The zero-order valence-electron chi connectivity index (χ0n) is 12.3. The molecule has 2 aromatic rings. The molecular weight excluding hydrogens is 327 g/mol. The monoisotopic (exact) mass is 339 g/mol. The van der Waals surface area contributed by atoms with E-state index in [4.69, 9.17) is 9.47 Å². The number of halogens is 3. The Bertz CT molecular complexity index is 713. The summed E-state index contributed by atoms with van der Waals surface area (Å²) >= 11 is 0. The van der Waals surface area contributed by atoms with Gasteiger partial charge in [0.1, 0.15) is 12.3 Å². The van der Waals surface area contributed by atoms with Gasteiger partial charge in [-0.3, -0.25) is 9.78 Å². The summed E-state index contributed by atoms with van der Waals surface area (Å²) in [5.74, 6) is -0.139. The Morgan fingerprint density at radius 2 is 1.83 bits per heavy atom. The zero-order valence-corrected chi connectivity index (χ0v) is 12.3. The Balaban J connectivity index is 1.53. The molecule has 9 heteroatoms. The van der Waals surface area contributed by atoms with Crippen molar-refractivity contribution in [2.24, 2.45) is 5.92 Å². The molecule has 0 atom stereocenters. The van der Waals surface area contributed by atoms with Crippen LogP contribution in [0.1, 0.15) is 24.1 Å². The van der Waals surface area contributed by atoms with Gasteiger partial charge in [-0.25, -0.2) is 0 Å². The molecule has 0 radical (unpaired) electrons. The van der Waals surface area contributed by atoms with Gasteiger partial charge in [-0.2, -0.15) is 13.2 Å². The smallest absolute Gasteiger partial charge is 0.433 e. The number of hydrogen-bond donors (Lipinski definition) is 0. The van der Waals surface area contributed by atoms with Crippen molar-refractivity contribution in [2.75, 3.05) is 0 Å². The van der Waals surface area contributed by atoms with E-state index < -0.39 is 11.9 Å². The van der Waals surface area contributed by atoms with Gasteiger partial charge in [0.2, 0.25) is 11.8 Å². The van der Waals surface area contributed by atoms with E-state index >= 15 is 0 Å². The van der Waals surface area contributed by atoms with Gasteiger partial charge in [-0.15, -0.1) is 10.2 Å². The molecule has 24 heavy (non-hydrogen) atoms. The Morgan fingerprint density at radius 3 is 2.38 bits per heavy atom. The van der Waals surface area contributed by atoms with Gasteiger partial charge >= 0.3 is 12.1 Å². The van der Waals surface area contributed by atoms with Gasteiger partial charge in [-0.1, -0.05) is 6.07 Å². The molecule has 0 bridgehead atoms. The first-order chi connectivity index (χ1) is 11.4. The van der Waals surface area contributed by atoms with E-state index in [1.807, 2.05) is 0 Å². The summed E-state index contributed by atoms with van der Waals surface area (Å²) < 4.78 is 47.5. The topological polar surface area (TPSA) is 74.2 Å². The quantitative estimate of drug-likeness (QED) is 0.780.